The molecule has 0 aliphatic carbocycles. The number of aryl methyl sites for hydroxylation is 1. The number of anilines is 2. The lowest BCUT2D eigenvalue weighted by Gasteiger charge is -2.33. The Balaban J connectivity index is 1.54. The first-order chi connectivity index (χ1) is 15.2. The largest absolute Gasteiger partial charge is 0.375 e. The zero-order valence-electron chi connectivity index (χ0n) is 17.5. The van der Waals surface area contributed by atoms with Crippen molar-refractivity contribution in [2.45, 2.75) is 31.2 Å². The molecule has 0 bridgehead atoms. The number of hydrogen-bond acceptors (Lipinski definition) is 8. The second kappa shape index (κ2) is 7.80. The zero-order valence-corrected chi connectivity index (χ0v) is 20.8. The minimum Gasteiger partial charge on any atom is -0.375 e. The molecule has 0 atom stereocenters. The monoisotopic (exact) mass is 500 g/mol. The predicted molar refractivity (Wildman–Crippen MR) is 134 cm³/mol. The smallest absolute Gasteiger partial charge is 0.263 e. The Kier molecular flexibility index (Phi) is 5.20. The van der Waals surface area contributed by atoms with Crippen molar-refractivity contribution in [1.29, 1.82) is 0 Å². The number of benzene rings is 2. The van der Waals surface area contributed by atoms with Crippen LogP contribution >= 0.6 is 32.0 Å². The molecule has 4 aromatic rings. The van der Waals surface area contributed by atoms with Crippen LogP contribution in [0, 0.1) is 6.92 Å². The van der Waals surface area contributed by atoms with E-state index in [1.54, 1.807) is 56.5 Å². The van der Waals surface area contributed by atoms with Crippen molar-refractivity contribution in [1.82, 2.24) is 4.98 Å². The van der Waals surface area contributed by atoms with Crippen LogP contribution in [0.15, 0.2) is 63.9 Å². The molecule has 2 aromatic heterocycles. The van der Waals surface area contributed by atoms with E-state index in [9.17, 15) is 8.42 Å². The second-order valence-corrected chi connectivity index (χ2v) is 12.7. The van der Waals surface area contributed by atoms with Gasteiger partial charge in [-0.25, -0.2) is 18.4 Å². The van der Waals surface area contributed by atoms with E-state index >= 15 is 0 Å². The van der Waals surface area contributed by atoms with Crippen LogP contribution in [0.5, 0.6) is 0 Å². The standard InChI is InChI=1S/C22H20N4O2S4/c1-13-4-9-17-16(12-13)18-19(22(2,3)25-17)30-31-20(18)24-14-5-7-15(8-6-14)32(27,28)26-21-23-10-11-29-21/h4-12,25H,1-3H3,(H,23,26). The van der Waals surface area contributed by atoms with Gasteiger partial charge in [0.1, 0.15) is 4.67 Å². The van der Waals surface area contributed by atoms with E-state index in [0.29, 0.717) is 10.8 Å². The van der Waals surface area contributed by atoms with E-state index in [1.165, 1.54) is 21.8 Å². The van der Waals surface area contributed by atoms with E-state index in [1.807, 2.05) is 0 Å². The zero-order chi connectivity index (χ0) is 22.5. The number of nitrogens with zero attached hydrogens (tertiary/aromatic N) is 2. The molecule has 32 heavy (non-hydrogen) atoms. The van der Waals surface area contributed by atoms with Crippen LogP contribution in [0.2, 0.25) is 0 Å². The maximum Gasteiger partial charge on any atom is 0.263 e. The summed E-state index contributed by atoms with van der Waals surface area (Å²) in [5, 5.41) is 5.70. The van der Waals surface area contributed by atoms with Crippen LogP contribution < -0.4 is 14.7 Å². The molecule has 6 nitrogen and oxygen atoms in total. The highest BCUT2D eigenvalue weighted by Gasteiger charge is 2.33. The molecule has 0 fully saturated rings. The highest BCUT2D eigenvalue weighted by atomic mass is 32.9. The molecular formula is C22H20N4O2S4. The normalized spacial score (nSPS) is 15.0. The van der Waals surface area contributed by atoms with E-state index < -0.39 is 10.0 Å². The summed E-state index contributed by atoms with van der Waals surface area (Å²) in [7, 11) is -0.311. The first-order valence-electron chi connectivity index (χ1n) is 9.83. The van der Waals surface area contributed by atoms with Gasteiger partial charge in [-0.1, -0.05) is 32.3 Å². The lowest BCUT2D eigenvalue weighted by molar-refractivity contribution is 0.601. The number of hydrogen-bond donors (Lipinski definition) is 2. The number of nitrogens with one attached hydrogen (secondary N) is 2. The third-order valence-electron chi connectivity index (χ3n) is 5.14. The summed E-state index contributed by atoms with van der Waals surface area (Å²) in [6.45, 7) is 6.44. The summed E-state index contributed by atoms with van der Waals surface area (Å²) in [5.41, 5.74) is 5.13. The van der Waals surface area contributed by atoms with Crippen molar-refractivity contribution in [3.63, 3.8) is 0 Å². The van der Waals surface area contributed by atoms with Gasteiger partial charge >= 0.3 is 0 Å². The third-order valence-corrected chi connectivity index (χ3v) is 9.95. The van der Waals surface area contributed by atoms with Gasteiger partial charge in [-0.05, 0) is 57.2 Å². The average molecular weight is 501 g/mol. The number of thiazole rings is 1. The highest BCUT2D eigenvalue weighted by Crippen LogP contribution is 2.45. The van der Waals surface area contributed by atoms with Crippen LogP contribution in [-0.4, -0.2) is 13.4 Å². The Morgan fingerprint density at radius 1 is 1.09 bits per heavy atom. The van der Waals surface area contributed by atoms with Gasteiger partial charge in [-0.15, -0.1) is 11.3 Å². The minimum absolute atomic E-state index is 0.175. The van der Waals surface area contributed by atoms with Crippen molar-refractivity contribution in [2.24, 2.45) is 4.99 Å². The second-order valence-electron chi connectivity index (χ2n) is 8.02. The first-order valence-corrected chi connectivity index (χ1v) is 14.3. The number of fused-ring (bicyclic) bond motifs is 3. The molecule has 1 aliphatic rings. The number of aromatic nitrogens is 1. The van der Waals surface area contributed by atoms with Crippen LogP contribution in [0.4, 0.5) is 16.5 Å². The van der Waals surface area contributed by atoms with E-state index in [-0.39, 0.29) is 10.4 Å². The predicted octanol–water partition coefficient (Wildman–Crippen LogP) is 5.94. The Bertz CT molecular complexity index is 1470. The fraction of sp³-hybridized carbons (Fsp3) is 0.182. The third kappa shape index (κ3) is 3.88. The molecule has 0 spiro atoms. The molecule has 0 saturated heterocycles. The average Bonchev–Trinajstić information content (AvgIpc) is 3.39. The summed E-state index contributed by atoms with van der Waals surface area (Å²) in [6, 6.07) is 13.0. The molecule has 10 heteroatoms. The van der Waals surface area contributed by atoms with Crippen molar-refractivity contribution in [3.8, 4) is 11.1 Å². The topological polar surface area (TPSA) is 83.5 Å². The van der Waals surface area contributed by atoms with Gasteiger partial charge in [0, 0.05) is 28.4 Å². The number of sulfonamides is 1. The van der Waals surface area contributed by atoms with Crippen molar-refractivity contribution in [3.05, 3.63) is 69.2 Å². The molecule has 2 N–H and O–H groups in total. The van der Waals surface area contributed by atoms with Crippen LogP contribution in [0.3, 0.4) is 0 Å². The molecule has 164 valence electrons. The molecule has 0 unspecified atom stereocenters. The summed E-state index contributed by atoms with van der Waals surface area (Å²) in [4.78, 5) is 10.3. The van der Waals surface area contributed by atoms with Crippen LogP contribution in [-0.2, 0) is 15.6 Å². The molecule has 1 aliphatic heterocycles. The summed E-state index contributed by atoms with van der Waals surface area (Å²) in [5.74, 6) is 0. The van der Waals surface area contributed by atoms with Gasteiger partial charge in [0.2, 0.25) is 0 Å². The molecule has 0 radical (unpaired) electrons. The lowest BCUT2D eigenvalue weighted by Crippen LogP contribution is -2.31. The van der Waals surface area contributed by atoms with E-state index in [0.717, 1.165) is 21.5 Å². The molecule has 0 saturated carbocycles. The van der Waals surface area contributed by atoms with Gasteiger partial charge in [-0.2, -0.15) is 0 Å². The summed E-state index contributed by atoms with van der Waals surface area (Å²) < 4.78 is 28.6. The SMILES string of the molecule is Cc1ccc2c(c1)-c1c(ssc1=Nc1ccc(S(=O)(=O)Nc3nccs3)cc1)C(C)(C)N2. The maximum atomic E-state index is 12.6. The Morgan fingerprint density at radius 3 is 2.59 bits per heavy atom. The van der Waals surface area contributed by atoms with Crippen molar-refractivity contribution >= 4 is 58.5 Å². The fourth-order valence-corrected chi connectivity index (χ4v) is 8.35. The molecule has 0 amide bonds. The summed E-state index contributed by atoms with van der Waals surface area (Å²) >= 11 is 1.24. The Labute approximate surface area is 197 Å². The lowest BCUT2D eigenvalue weighted by atomic mass is 9.89. The van der Waals surface area contributed by atoms with Gasteiger partial charge in [0.15, 0.2) is 5.13 Å². The number of rotatable bonds is 4. The highest BCUT2D eigenvalue weighted by molar-refractivity contribution is 7.93. The van der Waals surface area contributed by atoms with Crippen LogP contribution in [0.25, 0.3) is 11.1 Å². The summed E-state index contributed by atoms with van der Waals surface area (Å²) in [6.07, 6.45) is 1.56. The van der Waals surface area contributed by atoms with Gasteiger partial charge in [0.25, 0.3) is 10.0 Å². The van der Waals surface area contributed by atoms with Gasteiger partial charge in [-0.3, -0.25) is 4.72 Å². The van der Waals surface area contributed by atoms with Crippen LogP contribution in [0.1, 0.15) is 24.3 Å². The van der Waals surface area contributed by atoms with E-state index in [4.69, 9.17) is 4.99 Å². The molecule has 2 aromatic carbocycles. The maximum absolute atomic E-state index is 12.6. The van der Waals surface area contributed by atoms with Crippen molar-refractivity contribution < 1.29 is 8.42 Å². The van der Waals surface area contributed by atoms with Gasteiger partial charge < -0.3 is 5.32 Å². The van der Waals surface area contributed by atoms with E-state index in [2.05, 4.69) is 54.0 Å². The molecule has 3 heterocycles. The molecular weight excluding hydrogens is 481 g/mol. The Hall–Kier alpha value is -2.53. The van der Waals surface area contributed by atoms with Crippen molar-refractivity contribution in [2.75, 3.05) is 10.0 Å². The fourth-order valence-electron chi connectivity index (χ4n) is 3.62. The first kappa shape index (κ1) is 21.3. The minimum atomic E-state index is -3.68. The van der Waals surface area contributed by atoms with Gasteiger partial charge in [0.05, 0.1) is 21.0 Å². The Morgan fingerprint density at radius 2 is 1.88 bits per heavy atom. The molecule has 5 rings (SSSR count). The quantitative estimate of drug-likeness (QED) is 0.340.